The number of rotatable bonds is 1. The summed E-state index contributed by atoms with van der Waals surface area (Å²) in [7, 11) is 0. The average molecular weight is 528 g/mol. The normalized spacial score (nSPS) is 26.7. The quantitative estimate of drug-likeness (QED) is 0.531. The van der Waals surface area contributed by atoms with E-state index >= 15 is 0 Å². The molecule has 2 N–H and O–H groups in total. The molecule has 2 amide bonds. The highest BCUT2D eigenvalue weighted by Crippen LogP contribution is 2.25. The number of ether oxygens (including phenoxy) is 1. The molecule has 0 aromatic carbocycles. The average Bonchev–Trinajstić information content (AvgIpc) is 3.52. The van der Waals surface area contributed by atoms with E-state index in [1.165, 1.54) is 17.2 Å². The zero-order valence-electron chi connectivity index (χ0n) is 22.4. The minimum atomic E-state index is -1.01. The second-order valence-electron chi connectivity index (χ2n) is 10.2. The summed E-state index contributed by atoms with van der Waals surface area (Å²) in [6.07, 6.45) is 8.62. The summed E-state index contributed by atoms with van der Waals surface area (Å²) in [5.41, 5.74) is 0.739. The summed E-state index contributed by atoms with van der Waals surface area (Å²) < 4.78 is 11.2. The number of esters is 1. The van der Waals surface area contributed by atoms with Gasteiger partial charge in [-0.3, -0.25) is 14.4 Å². The van der Waals surface area contributed by atoms with Crippen molar-refractivity contribution < 1.29 is 33.4 Å². The second-order valence-corrected chi connectivity index (χ2v) is 10.2. The molecule has 206 valence electrons. The van der Waals surface area contributed by atoms with Gasteiger partial charge in [0, 0.05) is 25.4 Å². The maximum absolute atomic E-state index is 13.2. The monoisotopic (exact) mass is 527 g/mol. The van der Waals surface area contributed by atoms with Crippen LogP contribution in [0.4, 0.5) is 0 Å². The molecule has 1 saturated heterocycles. The van der Waals surface area contributed by atoms with Gasteiger partial charge in [0.05, 0.1) is 12.5 Å². The number of Topliss-reactive ketones (excluding diaryl/α,β-unsaturated/α-hetero) is 1. The van der Waals surface area contributed by atoms with Crippen LogP contribution in [0.2, 0.25) is 0 Å². The van der Waals surface area contributed by atoms with Crippen LogP contribution in [0, 0.1) is 11.8 Å². The van der Waals surface area contributed by atoms with Gasteiger partial charge in [0.15, 0.2) is 5.69 Å². The van der Waals surface area contributed by atoms with Crippen LogP contribution in [0.15, 0.2) is 46.6 Å². The number of allylic oxidation sites excluding steroid dienone is 2. The molecule has 10 heteroatoms. The number of amides is 2. The number of aromatic nitrogens is 1. The lowest BCUT2D eigenvalue weighted by Crippen LogP contribution is -2.44. The van der Waals surface area contributed by atoms with Crippen LogP contribution in [0.5, 0.6) is 0 Å². The number of hydrogen-bond donors (Lipinski definition) is 2. The van der Waals surface area contributed by atoms with Crippen LogP contribution in [0.25, 0.3) is 0 Å². The van der Waals surface area contributed by atoms with Crippen molar-refractivity contribution in [1.29, 1.82) is 0 Å². The van der Waals surface area contributed by atoms with E-state index in [0.717, 1.165) is 5.57 Å². The van der Waals surface area contributed by atoms with Crippen molar-refractivity contribution in [3.05, 3.63) is 53.8 Å². The summed E-state index contributed by atoms with van der Waals surface area (Å²) in [5.74, 6) is -1.76. The first-order valence-electron chi connectivity index (χ1n) is 13.0. The minimum Gasteiger partial charge on any atom is -0.460 e. The summed E-state index contributed by atoms with van der Waals surface area (Å²) in [6, 6.07) is -0.761. The fourth-order valence-corrected chi connectivity index (χ4v) is 4.66. The van der Waals surface area contributed by atoms with E-state index in [1.807, 2.05) is 20.8 Å². The van der Waals surface area contributed by atoms with Gasteiger partial charge in [0.25, 0.3) is 5.91 Å². The number of hydrogen-bond acceptors (Lipinski definition) is 8. The molecule has 0 spiro atoms. The van der Waals surface area contributed by atoms with Crippen LogP contribution in [0.1, 0.15) is 63.3 Å². The Morgan fingerprint density at radius 1 is 1.18 bits per heavy atom. The van der Waals surface area contributed by atoms with E-state index in [2.05, 4.69) is 10.3 Å². The van der Waals surface area contributed by atoms with Gasteiger partial charge in [-0.2, -0.15) is 0 Å². The molecule has 4 atom stereocenters. The molecular formula is C28H37N3O7. The van der Waals surface area contributed by atoms with Crippen LogP contribution in [0.3, 0.4) is 0 Å². The first kappa shape index (κ1) is 29.0. The van der Waals surface area contributed by atoms with Crippen molar-refractivity contribution in [3.63, 3.8) is 0 Å². The van der Waals surface area contributed by atoms with E-state index in [0.29, 0.717) is 19.4 Å². The van der Waals surface area contributed by atoms with Crippen molar-refractivity contribution in [1.82, 2.24) is 15.2 Å². The topological polar surface area (TPSA) is 139 Å². The lowest BCUT2D eigenvalue weighted by molar-refractivity contribution is -0.158. The molecule has 1 aromatic heterocycles. The second kappa shape index (κ2) is 13.3. The molecule has 10 nitrogen and oxygen atoms in total. The molecule has 3 rings (SSSR count). The predicted molar refractivity (Wildman–Crippen MR) is 139 cm³/mol. The smallest absolute Gasteiger partial charge is 0.329 e. The first-order valence-corrected chi connectivity index (χ1v) is 13.0. The Morgan fingerprint density at radius 2 is 1.95 bits per heavy atom. The minimum absolute atomic E-state index is 0.00930. The van der Waals surface area contributed by atoms with Gasteiger partial charge in [-0.1, -0.05) is 50.6 Å². The number of aliphatic hydroxyl groups is 1. The molecular weight excluding hydrogens is 490 g/mol. The van der Waals surface area contributed by atoms with E-state index in [4.69, 9.17) is 9.15 Å². The summed E-state index contributed by atoms with van der Waals surface area (Å²) in [5, 5.41) is 13.0. The molecule has 0 radical (unpaired) electrons. The van der Waals surface area contributed by atoms with Crippen LogP contribution in [-0.2, 0) is 25.5 Å². The molecule has 2 bridgehead atoms. The third-order valence-electron chi connectivity index (χ3n) is 6.55. The lowest BCUT2D eigenvalue weighted by Gasteiger charge is -2.29. The summed E-state index contributed by atoms with van der Waals surface area (Å²) in [4.78, 5) is 56.6. The standard InChI is InChI=1S/C28H37N3O7/c1-17(2)26-19(4)9-10-24(34)29-11-5-7-18(3)13-20(32)14-21(33)15-25-30-22(16-37-25)27(35)31-12-6-8-23(31)28(36)38-26/h5,7,9-10,13,16-17,19-20,23,26,32H,6,8,11-12,14-15H2,1-4H3,(H,29,34)/t19-,20+,23-,26+/m1/s1. The zero-order valence-corrected chi connectivity index (χ0v) is 22.4. The van der Waals surface area contributed by atoms with Gasteiger partial charge in [-0.05, 0) is 31.8 Å². The van der Waals surface area contributed by atoms with Crippen molar-refractivity contribution in [2.75, 3.05) is 13.1 Å². The molecule has 2 aliphatic heterocycles. The van der Waals surface area contributed by atoms with Gasteiger partial charge < -0.3 is 24.5 Å². The largest absolute Gasteiger partial charge is 0.460 e. The number of aliphatic hydroxyl groups excluding tert-OH is 1. The number of nitrogens with zero attached hydrogens (tertiary/aromatic N) is 2. The summed E-state index contributed by atoms with van der Waals surface area (Å²) >= 11 is 0. The molecule has 38 heavy (non-hydrogen) atoms. The predicted octanol–water partition coefficient (Wildman–Crippen LogP) is 2.53. The van der Waals surface area contributed by atoms with Crippen LogP contribution < -0.4 is 5.32 Å². The van der Waals surface area contributed by atoms with Crippen molar-refractivity contribution in [2.24, 2.45) is 11.8 Å². The van der Waals surface area contributed by atoms with Crippen molar-refractivity contribution >= 4 is 23.6 Å². The maximum Gasteiger partial charge on any atom is 0.329 e. The fraction of sp³-hybridized carbons (Fsp3) is 0.536. The maximum atomic E-state index is 13.2. The number of cyclic esters (lactones) is 1. The summed E-state index contributed by atoms with van der Waals surface area (Å²) in [6.45, 7) is 8.16. The first-order chi connectivity index (χ1) is 18.0. The van der Waals surface area contributed by atoms with Gasteiger partial charge in [-0.15, -0.1) is 0 Å². The Hall–Kier alpha value is -3.53. The van der Waals surface area contributed by atoms with E-state index in [1.54, 1.807) is 31.2 Å². The number of carbonyl (C=O) groups is 4. The van der Waals surface area contributed by atoms with E-state index in [9.17, 15) is 24.3 Å². The molecule has 3 heterocycles. The third kappa shape index (κ3) is 7.98. The van der Waals surface area contributed by atoms with Crippen LogP contribution >= 0.6 is 0 Å². The van der Waals surface area contributed by atoms with Gasteiger partial charge in [0.1, 0.15) is 24.2 Å². The molecule has 0 aliphatic carbocycles. The molecule has 0 saturated carbocycles. The number of ketones is 1. The SMILES string of the molecule is CC1=C[C@H](O)CC(=O)Cc2nc(co2)C(=O)N2CCC[C@@H]2C(=O)O[C@@H](C(C)C)[C@H](C)C=CC(=O)NCC=C1. The Morgan fingerprint density at radius 3 is 2.68 bits per heavy atom. The van der Waals surface area contributed by atoms with Gasteiger partial charge >= 0.3 is 5.97 Å². The van der Waals surface area contributed by atoms with Gasteiger partial charge in [-0.25, -0.2) is 9.78 Å². The zero-order chi connectivity index (χ0) is 27.8. The number of carbonyl (C=O) groups excluding carboxylic acids is 4. The van der Waals surface area contributed by atoms with E-state index < -0.39 is 30.1 Å². The lowest BCUT2D eigenvalue weighted by atomic mass is 9.94. The number of nitrogens with one attached hydrogen (secondary N) is 1. The van der Waals surface area contributed by atoms with Crippen molar-refractivity contribution in [2.45, 2.75) is 71.6 Å². The number of oxazole rings is 1. The van der Waals surface area contributed by atoms with Crippen LogP contribution in [-0.4, -0.2) is 69.9 Å². The highest BCUT2D eigenvalue weighted by molar-refractivity contribution is 5.95. The van der Waals surface area contributed by atoms with Crippen molar-refractivity contribution in [3.8, 4) is 0 Å². The number of fused-ring (bicyclic) bond motifs is 3. The molecule has 1 fully saturated rings. The Labute approximate surface area is 222 Å². The fourth-order valence-electron chi connectivity index (χ4n) is 4.66. The third-order valence-corrected chi connectivity index (χ3v) is 6.55. The highest BCUT2D eigenvalue weighted by Gasteiger charge is 2.38. The van der Waals surface area contributed by atoms with E-state index in [-0.39, 0.29) is 54.5 Å². The molecule has 0 unspecified atom stereocenters. The molecule has 1 aromatic rings. The van der Waals surface area contributed by atoms with Gasteiger partial charge in [0.2, 0.25) is 11.8 Å². The Balaban J connectivity index is 1.85. The highest BCUT2D eigenvalue weighted by atomic mass is 16.5. The molecule has 2 aliphatic rings. The Bertz CT molecular complexity index is 1120. The Kier molecular flexibility index (Phi) is 10.2.